The molecule has 0 bridgehead atoms. The highest BCUT2D eigenvalue weighted by Gasteiger charge is 2.31. The molecule has 8 nitrogen and oxygen atoms in total. The van der Waals surface area contributed by atoms with Gasteiger partial charge in [0.25, 0.3) is 5.91 Å². The van der Waals surface area contributed by atoms with Gasteiger partial charge in [-0.1, -0.05) is 72.8 Å². The standard InChI is InChI=1S/C25H20N4O4/c30-23-21(15-17-9-3-1-4-10-17)27-22(18-11-5-2-6-12-18)29(23)16-26-25(33)28-20-14-8-7-13-19(20)24(31)32/h1-15H,16H2,(H,31,32)(H2,26,28,33)/b21-15+. The van der Waals surface area contributed by atoms with E-state index in [0.29, 0.717) is 5.84 Å². The number of carboxylic acid groups (broad SMARTS) is 1. The maximum atomic E-state index is 13.1. The van der Waals surface area contributed by atoms with Crippen LogP contribution in [-0.4, -0.2) is 40.4 Å². The number of carbonyl (C=O) groups is 3. The van der Waals surface area contributed by atoms with E-state index in [1.165, 1.54) is 17.0 Å². The van der Waals surface area contributed by atoms with E-state index in [4.69, 9.17) is 0 Å². The first kappa shape index (κ1) is 21.5. The van der Waals surface area contributed by atoms with Gasteiger partial charge in [-0.2, -0.15) is 0 Å². The highest BCUT2D eigenvalue weighted by atomic mass is 16.4. The Labute approximate surface area is 189 Å². The molecule has 3 aromatic rings. The zero-order chi connectivity index (χ0) is 23.2. The molecule has 0 aromatic heterocycles. The predicted molar refractivity (Wildman–Crippen MR) is 125 cm³/mol. The second-order valence-electron chi connectivity index (χ2n) is 7.11. The molecule has 0 atom stereocenters. The van der Waals surface area contributed by atoms with Crippen LogP contribution in [0, 0.1) is 0 Å². The predicted octanol–water partition coefficient (Wildman–Crippen LogP) is 3.79. The van der Waals surface area contributed by atoms with Crippen molar-refractivity contribution in [1.29, 1.82) is 0 Å². The Morgan fingerprint density at radius 1 is 0.909 bits per heavy atom. The molecule has 1 aliphatic rings. The normalized spacial score (nSPS) is 14.2. The highest BCUT2D eigenvalue weighted by Crippen LogP contribution is 2.22. The summed E-state index contributed by atoms with van der Waals surface area (Å²) in [6.07, 6.45) is 1.69. The van der Waals surface area contributed by atoms with Crippen LogP contribution in [0.15, 0.2) is 95.6 Å². The number of nitrogens with zero attached hydrogens (tertiary/aromatic N) is 2. The van der Waals surface area contributed by atoms with Crippen LogP contribution in [-0.2, 0) is 4.79 Å². The number of rotatable bonds is 6. The number of amidine groups is 1. The number of urea groups is 1. The average Bonchev–Trinajstić information content (AvgIpc) is 3.14. The number of amides is 3. The number of benzene rings is 3. The van der Waals surface area contributed by atoms with Crippen LogP contribution < -0.4 is 10.6 Å². The minimum Gasteiger partial charge on any atom is -0.478 e. The minimum absolute atomic E-state index is 0.0375. The molecule has 0 spiro atoms. The Hall–Kier alpha value is -4.72. The van der Waals surface area contributed by atoms with Crippen LogP contribution in [0.3, 0.4) is 0 Å². The summed E-state index contributed by atoms with van der Waals surface area (Å²) in [5.41, 5.74) is 1.91. The Morgan fingerprint density at radius 2 is 1.55 bits per heavy atom. The lowest BCUT2D eigenvalue weighted by Gasteiger charge is -2.19. The molecule has 1 heterocycles. The second-order valence-corrected chi connectivity index (χ2v) is 7.11. The first-order valence-corrected chi connectivity index (χ1v) is 10.1. The number of hydrogen-bond acceptors (Lipinski definition) is 4. The third-order valence-corrected chi connectivity index (χ3v) is 4.88. The van der Waals surface area contributed by atoms with Gasteiger partial charge in [-0.3, -0.25) is 9.69 Å². The summed E-state index contributed by atoms with van der Waals surface area (Å²) in [7, 11) is 0. The maximum absolute atomic E-state index is 13.1. The zero-order valence-corrected chi connectivity index (χ0v) is 17.4. The second kappa shape index (κ2) is 9.61. The van der Waals surface area contributed by atoms with Crippen molar-refractivity contribution in [3.63, 3.8) is 0 Å². The van der Waals surface area contributed by atoms with Crippen molar-refractivity contribution in [2.45, 2.75) is 0 Å². The quantitative estimate of drug-likeness (QED) is 0.506. The van der Waals surface area contributed by atoms with Gasteiger partial charge in [0.15, 0.2) is 0 Å². The van der Waals surface area contributed by atoms with Gasteiger partial charge in [-0.05, 0) is 23.8 Å². The molecule has 164 valence electrons. The van der Waals surface area contributed by atoms with Crippen LogP contribution in [0.1, 0.15) is 21.5 Å². The molecule has 3 amide bonds. The van der Waals surface area contributed by atoms with Crippen molar-refractivity contribution in [1.82, 2.24) is 10.2 Å². The molecule has 3 N–H and O–H groups in total. The van der Waals surface area contributed by atoms with Gasteiger partial charge >= 0.3 is 12.0 Å². The lowest BCUT2D eigenvalue weighted by Crippen LogP contribution is -2.44. The Morgan fingerprint density at radius 3 is 2.24 bits per heavy atom. The number of nitrogens with one attached hydrogen (secondary N) is 2. The SMILES string of the molecule is O=C(NCN1C(=O)/C(=C\c2ccccc2)N=C1c1ccccc1)Nc1ccccc1C(=O)O. The number of anilines is 1. The van der Waals surface area contributed by atoms with Crippen molar-refractivity contribution >= 4 is 35.5 Å². The summed E-state index contributed by atoms with van der Waals surface area (Å²) >= 11 is 0. The molecule has 0 saturated carbocycles. The third kappa shape index (κ3) is 4.96. The number of carbonyl (C=O) groups excluding carboxylic acids is 2. The van der Waals surface area contributed by atoms with E-state index in [9.17, 15) is 19.5 Å². The van der Waals surface area contributed by atoms with E-state index in [-0.39, 0.29) is 29.5 Å². The van der Waals surface area contributed by atoms with Crippen molar-refractivity contribution < 1.29 is 19.5 Å². The molecule has 1 aliphatic heterocycles. The summed E-state index contributed by atoms with van der Waals surface area (Å²) < 4.78 is 0. The van der Waals surface area contributed by atoms with Crippen LogP contribution in [0.25, 0.3) is 6.08 Å². The molecule has 3 aromatic carbocycles. The zero-order valence-electron chi connectivity index (χ0n) is 17.4. The van der Waals surface area contributed by atoms with E-state index >= 15 is 0 Å². The van der Waals surface area contributed by atoms with Crippen molar-refractivity contribution in [2.24, 2.45) is 4.99 Å². The molecular formula is C25H20N4O4. The van der Waals surface area contributed by atoms with E-state index < -0.39 is 12.0 Å². The molecule has 0 saturated heterocycles. The summed E-state index contributed by atoms with van der Waals surface area (Å²) in [4.78, 5) is 42.8. The number of para-hydroxylation sites is 1. The van der Waals surface area contributed by atoms with E-state index in [1.54, 1.807) is 18.2 Å². The van der Waals surface area contributed by atoms with Crippen molar-refractivity contribution in [2.75, 3.05) is 12.0 Å². The van der Waals surface area contributed by atoms with Gasteiger partial charge in [-0.15, -0.1) is 0 Å². The first-order chi connectivity index (χ1) is 16.0. The molecule has 8 heteroatoms. The topological polar surface area (TPSA) is 111 Å². The summed E-state index contributed by atoms with van der Waals surface area (Å²) in [6, 6.07) is 24.0. The molecule has 0 aliphatic carbocycles. The highest BCUT2D eigenvalue weighted by molar-refractivity contribution is 6.19. The summed E-state index contributed by atoms with van der Waals surface area (Å²) in [5, 5.41) is 14.4. The van der Waals surface area contributed by atoms with Crippen molar-refractivity contribution in [3.8, 4) is 0 Å². The van der Waals surface area contributed by atoms with Gasteiger partial charge in [0, 0.05) is 5.56 Å². The minimum atomic E-state index is -1.16. The van der Waals surface area contributed by atoms with E-state index in [0.717, 1.165) is 11.1 Å². The fraction of sp³-hybridized carbons (Fsp3) is 0.0400. The van der Waals surface area contributed by atoms with E-state index in [2.05, 4.69) is 15.6 Å². The average molecular weight is 440 g/mol. The fourth-order valence-corrected chi connectivity index (χ4v) is 3.31. The Kier molecular flexibility index (Phi) is 6.26. The molecule has 0 fully saturated rings. The molecule has 4 rings (SSSR count). The number of aliphatic imine (C=N–C) groups is 1. The monoisotopic (exact) mass is 440 g/mol. The third-order valence-electron chi connectivity index (χ3n) is 4.88. The summed E-state index contributed by atoms with van der Waals surface area (Å²) in [5.74, 6) is -1.10. The van der Waals surface area contributed by atoms with Crippen LogP contribution in [0.2, 0.25) is 0 Å². The van der Waals surface area contributed by atoms with Gasteiger partial charge in [0.05, 0.1) is 11.3 Å². The Balaban J connectivity index is 1.54. The van der Waals surface area contributed by atoms with Crippen molar-refractivity contribution in [3.05, 3.63) is 107 Å². The van der Waals surface area contributed by atoms with Crippen LogP contribution in [0.5, 0.6) is 0 Å². The fourth-order valence-electron chi connectivity index (χ4n) is 3.31. The number of carboxylic acids is 1. The molecule has 0 unspecified atom stereocenters. The largest absolute Gasteiger partial charge is 0.478 e. The lowest BCUT2D eigenvalue weighted by atomic mass is 10.2. The van der Waals surface area contributed by atoms with Crippen LogP contribution in [0.4, 0.5) is 10.5 Å². The van der Waals surface area contributed by atoms with E-state index in [1.807, 2.05) is 60.7 Å². The number of aromatic carboxylic acids is 1. The van der Waals surface area contributed by atoms with Gasteiger partial charge in [0.2, 0.25) is 0 Å². The molecule has 33 heavy (non-hydrogen) atoms. The Bertz CT molecular complexity index is 1250. The first-order valence-electron chi connectivity index (χ1n) is 10.1. The van der Waals surface area contributed by atoms with Gasteiger partial charge in [0.1, 0.15) is 18.2 Å². The number of hydrogen-bond donors (Lipinski definition) is 3. The molecule has 0 radical (unpaired) electrons. The van der Waals surface area contributed by atoms with Gasteiger partial charge < -0.3 is 15.7 Å². The molecular weight excluding hydrogens is 420 g/mol. The smallest absolute Gasteiger partial charge is 0.337 e. The van der Waals surface area contributed by atoms with Gasteiger partial charge in [-0.25, -0.2) is 14.6 Å². The summed E-state index contributed by atoms with van der Waals surface area (Å²) in [6.45, 7) is -0.153. The lowest BCUT2D eigenvalue weighted by molar-refractivity contribution is -0.122. The maximum Gasteiger partial charge on any atom is 0.337 e. The van der Waals surface area contributed by atoms with Crippen LogP contribution >= 0.6 is 0 Å².